The van der Waals surface area contributed by atoms with Gasteiger partial charge in [0.05, 0.1) is 0 Å². The Morgan fingerprint density at radius 3 is 2.44 bits per heavy atom. The largest absolute Gasteiger partial charge is 0.478 e. The maximum absolute atomic E-state index is 5.91. The summed E-state index contributed by atoms with van der Waals surface area (Å²) in [5.41, 5.74) is 2.41. The number of allylic oxidation sites excluding steroid dienone is 2. The summed E-state index contributed by atoms with van der Waals surface area (Å²) in [6.07, 6.45) is 6.27. The topological polar surface area (TPSA) is 18.5 Å². The zero-order valence-electron chi connectivity index (χ0n) is 11.4. The maximum Gasteiger partial charge on any atom is 0.162 e. The van der Waals surface area contributed by atoms with Gasteiger partial charge in [-0.05, 0) is 43.7 Å². The molecule has 2 aliphatic rings. The van der Waals surface area contributed by atoms with E-state index in [0.717, 1.165) is 11.5 Å². The summed E-state index contributed by atoms with van der Waals surface area (Å²) < 4.78 is 11.8. The molecule has 0 amide bonds. The summed E-state index contributed by atoms with van der Waals surface area (Å²) in [6, 6.07) is 6.03. The van der Waals surface area contributed by atoms with Crippen molar-refractivity contribution in [2.45, 2.75) is 39.9 Å². The van der Waals surface area contributed by atoms with Crippen molar-refractivity contribution in [1.82, 2.24) is 0 Å². The van der Waals surface area contributed by atoms with Gasteiger partial charge in [0.15, 0.2) is 23.7 Å². The van der Waals surface area contributed by atoms with Crippen LogP contribution < -0.4 is 9.47 Å². The van der Waals surface area contributed by atoms with Crippen molar-refractivity contribution < 1.29 is 9.47 Å². The molecule has 18 heavy (non-hydrogen) atoms. The van der Waals surface area contributed by atoms with Crippen LogP contribution in [0.5, 0.6) is 11.5 Å². The third kappa shape index (κ3) is 2.42. The van der Waals surface area contributed by atoms with E-state index in [1.807, 2.05) is 32.0 Å². The van der Waals surface area contributed by atoms with Gasteiger partial charge in [-0.2, -0.15) is 0 Å². The lowest BCUT2D eigenvalue weighted by molar-refractivity contribution is 0.0749. The molecule has 2 unspecified atom stereocenters. The third-order valence-electron chi connectivity index (χ3n) is 2.93. The zero-order valence-corrected chi connectivity index (χ0v) is 11.4. The predicted molar refractivity (Wildman–Crippen MR) is 74.3 cm³/mol. The van der Waals surface area contributed by atoms with Crippen molar-refractivity contribution in [3.8, 4) is 11.5 Å². The van der Waals surface area contributed by atoms with E-state index in [2.05, 4.69) is 32.1 Å². The molecule has 0 saturated carbocycles. The number of hydrogen-bond acceptors (Lipinski definition) is 2. The molecule has 1 aliphatic heterocycles. The average Bonchev–Trinajstić information content (AvgIpc) is 2.39. The molecule has 2 nitrogen and oxygen atoms in total. The normalized spacial score (nSPS) is 23.4. The Morgan fingerprint density at radius 1 is 0.944 bits per heavy atom. The maximum atomic E-state index is 5.91. The van der Waals surface area contributed by atoms with E-state index in [1.165, 1.54) is 11.1 Å². The van der Waals surface area contributed by atoms with E-state index in [-0.39, 0.29) is 12.2 Å². The van der Waals surface area contributed by atoms with Gasteiger partial charge in [-0.25, -0.2) is 0 Å². The van der Waals surface area contributed by atoms with Crippen molar-refractivity contribution in [3.05, 3.63) is 47.6 Å². The van der Waals surface area contributed by atoms with E-state index >= 15 is 0 Å². The SMILES string of the molecule is CC.CC1=CC2Oc3ccc(C)cc3OC2C=C1. The zero-order chi connectivity index (χ0) is 13.1. The van der Waals surface area contributed by atoms with Crippen molar-refractivity contribution in [3.63, 3.8) is 0 Å². The van der Waals surface area contributed by atoms with Gasteiger partial charge in [-0.15, -0.1) is 0 Å². The van der Waals surface area contributed by atoms with Crippen LogP contribution in [0.15, 0.2) is 42.0 Å². The van der Waals surface area contributed by atoms with Gasteiger partial charge >= 0.3 is 0 Å². The third-order valence-corrected chi connectivity index (χ3v) is 2.93. The Kier molecular flexibility index (Phi) is 3.75. The minimum absolute atomic E-state index is 0.0120. The molecule has 0 saturated heterocycles. The summed E-state index contributed by atoms with van der Waals surface area (Å²) in [7, 11) is 0. The first-order chi connectivity index (χ1) is 8.72. The van der Waals surface area contributed by atoms with Crippen molar-refractivity contribution >= 4 is 0 Å². The first kappa shape index (κ1) is 12.7. The lowest BCUT2D eigenvalue weighted by Gasteiger charge is -2.32. The molecule has 3 rings (SSSR count). The van der Waals surface area contributed by atoms with Gasteiger partial charge in [-0.1, -0.05) is 31.6 Å². The second kappa shape index (κ2) is 5.30. The molecule has 1 heterocycles. The van der Waals surface area contributed by atoms with Crippen LogP contribution in [0.3, 0.4) is 0 Å². The highest BCUT2D eigenvalue weighted by Gasteiger charge is 2.29. The van der Waals surface area contributed by atoms with Crippen LogP contribution >= 0.6 is 0 Å². The number of benzene rings is 1. The number of rotatable bonds is 0. The summed E-state index contributed by atoms with van der Waals surface area (Å²) >= 11 is 0. The lowest BCUT2D eigenvalue weighted by atomic mass is 10.0. The molecule has 0 aromatic heterocycles. The van der Waals surface area contributed by atoms with Crippen molar-refractivity contribution in [2.24, 2.45) is 0 Å². The first-order valence-electron chi connectivity index (χ1n) is 6.53. The van der Waals surface area contributed by atoms with E-state index in [9.17, 15) is 0 Å². The fourth-order valence-electron chi connectivity index (χ4n) is 2.07. The average molecular weight is 244 g/mol. The molecule has 1 aliphatic carbocycles. The Bertz CT molecular complexity index is 486. The molecule has 96 valence electrons. The molecule has 2 atom stereocenters. The quantitative estimate of drug-likeness (QED) is 0.685. The molecule has 0 spiro atoms. The van der Waals surface area contributed by atoms with Gasteiger partial charge in [0.2, 0.25) is 0 Å². The van der Waals surface area contributed by atoms with E-state index in [4.69, 9.17) is 9.47 Å². The van der Waals surface area contributed by atoms with Crippen LogP contribution in [0.25, 0.3) is 0 Å². The Morgan fingerprint density at radius 2 is 1.67 bits per heavy atom. The smallest absolute Gasteiger partial charge is 0.162 e. The molecular formula is C16H20O2. The number of fused-ring (bicyclic) bond motifs is 2. The Balaban J connectivity index is 0.000000574. The van der Waals surface area contributed by atoms with Crippen LogP contribution in [0.4, 0.5) is 0 Å². The Labute approximate surface area is 109 Å². The molecule has 0 radical (unpaired) electrons. The van der Waals surface area contributed by atoms with Gasteiger partial charge in [0.25, 0.3) is 0 Å². The van der Waals surface area contributed by atoms with Gasteiger partial charge in [0, 0.05) is 0 Å². The number of hydrogen-bond donors (Lipinski definition) is 0. The first-order valence-corrected chi connectivity index (χ1v) is 6.53. The minimum atomic E-state index is 0.0120. The number of ether oxygens (including phenoxy) is 2. The van der Waals surface area contributed by atoms with Crippen LogP contribution in [-0.2, 0) is 0 Å². The molecule has 1 aromatic rings. The van der Waals surface area contributed by atoms with Crippen LogP contribution in [0.2, 0.25) is 0 Å². The van der Waals surface area contributed by atoms with Crippen LogP contribution in [-0.4, -0.2) is 12.2 Å². The highest BCUT2D eigenvalue weighted by atomic mass is 16.6. The standard InChI is InChI=1S/C14H14O2.C2H6/c1-9-3-5-11-13(7-9)15-12-6-4-10(2)8-14(12)16-11;1-2/h3-8,11,13H,1-2H3;1-2H3. The highest BCUT2D eigenvalue weighted by molar-refractivity contribution is 5.46. The summed E-state index contributed by atoms with van der Waals surface area (Å²) in [5.74, 6) is 1.69. The van der Waals surface area contributed by atoms with Gasteiger partial charge in [-0.3, -0.25) is 0 Å². The van der Waals surface area contributed by atoms with E-state index < -0.39 is 0 Å². The van der Waals surface area contributed by atoms with E-state index in [0.29, 0.717) is 0 Å². The van der Waals surface area contributed by atoms with Crippen molar-refractivity contribution in [2.75, 3.05) is 0 Å². The fraction of sp³-hybridized carbons (Fsp3) is 0.375. The van der Waals surface area contributed by atoms with Crippen molar-refractivity contribution in [1.29, 1.82) is 0 Å². The van der Waals surface area contributed by atoms with Gasteiger partial charge < -0.3 is 9.47 Å². The molecule has 1 aromatic carbocycles. The molecule has 0 fully saturated rings. The lowest BCUT2D eigenvalue weighted by Crippen LogP contribution is -2.38. The summed E-state index contributed by atoms with van der Waals surface area (Å²) in [6.45, 7) is 8.12. The second-order valence-corrected chi connectivity index (χ2v) is 4.38. The number of aryl methyl sites for hydroxylation is 1. The van der Waals surface area contributed by atoms with E-state index in [1.54, 1.807) is 0 Å². The molecule has 2 heteroatoms. The minimum Gasteiger partial charge on any atom is -0.478 e. The Hall–Kier alpha value is -1.70. The second-order valence-electron chi connectivity index (χ2n) is 4.38. The molecular weight excluding hydrogens is 224 g/mol. The van der Waals surface area contributed by atoms with Crippen LogP contribution in [0.1, 0.15) is 26.3 Å². The summed E-state index contributed by atoms with van der Waals surface area (Å²) in [4.78, 5) is 0. The predicted octanol–water partition coefficient (Wildman–Crippen LogP) is 4.05. The molecule has 0 bridgehead atoms. The fourth-order valence-corrected chi connectivity index (χ4v) is 2.07. The van der Waals surface area contributed by atoms with Crippen LogP contribution in [0, 0.1) is 6.92 Å². The monoisotopic (exact) mass is 244 g/mol. The van der Waals surface area contributed by atoms with Gasteiger partial charge in [0.1, 0.15) is 0 Å². The molecule has 0 N–H and O–H groups in total. The highest BCUT2D eigenvalue weighted by Crippen LogP contribution is 2.36. The summed E-state index contributed by atoms with van der Waals surface area (Å²) in [5, 5.41) is 0.